The predicted molar refractivity (Wildman–Crippen MR) is 98.9 cm³/mol. The zero-order valence-electron chi connectivity index (χ0n) is 13.3. The Hall–Kier alpha value is -2.12. The fourth-order valence-corrected chi connectivity index (χ4v) is 4.24. The molecule has 24 heavy (non-hydrogen) atoms. The van der Waals surface area contributed by atoms with Gasteiger partial charge in [-0.1, -0.05) is 12.1 Å². The van der Waals surface area contributed by atoms with E-state index in [9.17, 15) is 8.42 Å². The van der Waals surface area contributed by atoms with Crippen LogP contribution < -0.4 is 14.4 Å². The standard InChI is InChI=1S/C17H18N2O3S2/c1-13-19(11-12-23-13)17-6-4-3-5-16(17)18-24(20,21)15-9-7-14(22-2)8-10-15/h3-13,18H,1-2H3. The summed E-state index contributed by atoms with van der Waals surface area (Å²) < 4.78 is 33.1. The highest BCUT2D eigenvalue weighted by atomic mass is 32.2. The Bertz CT molecular complexity index is 848. The molecule has 7 heteroatoms. The molecule has 0 spiro atoms. The highest BCUT2D eigenvalue weighted by Crippen LogP contribution is 2.35. The van der Waals surface area contributed by atoms with E-state index < -0.39 is 10.0 Å². The van der Waals surface area contributed by atoms with Gasteiger partial charge in [-0.2, -0.15) is 0 Å². The average molecular weight is 362 g/mol. The summed E-state index contributed by atoms with van der Waals surface area (Å²) in [5.41, 5.74) is 1.37. The molecule has 0 radical (unpaired) electrons. The van der Waals surface area contributed by atoms with Gasteiger partial charge in [-0.05, 0) is 48.7 Å². The number of ether oxygens (including phenoxy) is 1. The maximum absolute atomic E-state index is 12.7. The molecular formula is C17H18N2O3S2. The Labute approximate surface area is 146 Å². The molecule has 0 fully saturated rings. The van der Waals surface area contributed by atoms with Crippen LogP contribution in [0.4, 0.5) is 11.4 Å². The molecular weight excluding hydrogens is 344 g/mol. The summed E-state index contributed by atoms with van der Waals surface area (Å²) >= 11 is 1.68. The van der Waals surface area contributed by atoms with Gasteiger partial charge >= 0.3 is 0 Å². The second-order valence-electron chi connectivity index (χ2n) is 5.23. The molecule has 1 heterocycles. The van der Waals surface area contributed by atoms with Gasteiger partial charge in [-0.15, -0.1) is 11.8 Å². The van der Waals surface area contributed by atoms with Crippen molar-refractivity contribution in [2.75, 3.05) is 16.7 Å². The number of thioether (sulfide) groups is 1. The van der Waals surface area contributed by atoms with E-state index in [1.807, 2.05) is 34.7 Å². The second kappa shape index (κ2) is 6.78. The first-order chi connectivity index (χ1) is 11.5. The maximum Gasteiger partial charge on any atom is 0.261 e. The van der Waals surface area contributed by atoms with Crippen molar-refractivity contribution in [3.63, 3.8) is 0 Å². The van der Waals surface area contributed by atoms with Crippen molar-refractivity contribution >= 4 is 33.2 Å². The van der Waals surface area contributed by atoms with Gasteiger partial charge in [0.25, 0.3) is 10.0 Å². The van der Waals surface area contributed by atoms with Gasteiger partial charge in [0.15, 0.2) is 0 Å². The third-order valence-electron chi connectivity index (χ3n) is 3.68. The number of rotatable bonds is 5. The molecule has 3 rings (SSSR count). The molecule has 0 aromatic heterocycles. The number of nitrogens with one attached hydrogen (secondary N) is 1. The molecule has 2 aromatic carbocycles. The molecule has 0 amide bonds. The lowest BCUT2D eigenvalue weighted by atomic mass is 10.2. The normalized spacial score (nSPS) is 17.1. The summed E-state index contributed by atoms with van der Waals surface area (Å²) in [5.74, 6) is 0.613. The molecule has 1 unspecified atom stereocenters. The highest BCUT2D eigenvalue weighted by molar-refractivity contribution is 8.03. The first kappa shape index (κ1) is 16.7. The van der Waals surface area contributed by atoms with Gasteiger partial charge in [0, 0.05) is 6.20 Å². The van der Waals surface area contributed by atoms with Crippen LogP contribution in [0.1, 0.15) is 6.92 Å². The number of para-hydroxylation sites is 2. The monoisotopic (exact) mass is 362 g/mol. The van der Waals surface area contributed by atoms with Crippen LogP contribution in [-0.2, 0) is 10.0 Å². The minimum Gasteiger partial charge on any atom is -0.497 e. The molecule has 1 aliphatic heterocycles. The molecule has 0 saturated carbocycles. The first-order valence-corrected chi connectivity index (χ1v) is 9.80. The Balaban J connectivity index is 1.91. The minimum absolute atomic E-state index is 0.192. The molecule has 1 aliphatic rings. The van der Waals surface area contributed by atoms with Crippen molar-refractivity contribution in [1.29, 1.82) is 0 Å². The Kier molecular flexibility index (Phi) is 4.73. The summed E-state index contributed by atoms with van der Waals surface area (Å²) in [6.07, 6.45) is 1.95. The topological polar surface area (TPSA) is 58.6 Å². The van der Waals surface area contributed by atoms with E-state index in [0.717, 1.165) is 5.69 Å². The minimum atomic E-state index is -3.67. The van der Waals surface area contributed by atoms with E-state index >= 15 is 0 Å². The average Bonchev–Trinajstić information content (AvgIpc) is 3.01. The number of methoxy groups -OCH3 is 1. The van der Waals surface area contributed by atoms with Crippen molar-refractivity contribution in [2.45, 2.75) is 17.2 Å². The van der Waals surface area contributed by atoms with Crippen molar-refractivity contribution < 1.29 is 13.2 Å². The molecule has 126 valence electrons. The summed E-state index contributed by atoms with van der Waals surface area (Å²) in [5, 5.41) is 2.22. The van der Waals surface area contributed by atoms with Crippen LogP contribution in [0.3, 0.4) is 0 Å². The summed E-state index contributed by atoms with van der Waals surface area (Å²) in [6, 6.07) is 13.7. The number of benzene rings is 2. The molecule has 2 aromatic rings. The molecule has 1 N–H and O–H groups in total. The Morgan fingerprint density at radius 3 is 2.46 bits per heavy atom. The summed E-state index contributed by atoms with van der Waals surface area (Å²) in [6.45, 7) is 2.07. The lowest BCUT2D eigenvalue weighted by Crippen LogP contribution is -2.23. The molecule has 0 bridgehead atoms. The summed E-state index contributed by atoms with van der Waals surface area (Å²) in [4.78, 5) is 2.23. The van der Waals surface area contributed by atoms with E-state index in [-0.39, 0.29) is 10.3 Å². The van der Waals surface area contributed by atoms with Crippen molar-refractivity contribution in [2.24, 2.45) is 0 Å². The highest BCUT2D eigenvalue weighted by Gasteiger charge is 2.22. The van der Waals surface area contributed by atoms with E-state index in [1.54, 1.807) is 37.1 Å². The van der Waals surface area contributed by atoms with Crippen LogP contribution in [0.2, 0.25) is 0 Å². The number of hydrogen-bond acceptors (Lipinski definition) is 5. The van der Waals surface area contributed by atoms with E-state index in [4.69, 9.17) is 4.74 Å². The Morgan fingerprint density at radius 2 is 1.83 bits per heavy atom. The number of nitrogens with zero attached hydrogens (tertiary/aromatic N) is 1. The van der Waals surface area contributed by atoms with Crippen LogP contribution in [0, 0.1) is 0 Å². The number of sulfonamides is 1. The quantitative estimate of drug-likeness (QED) is 0.875. The largest absolute Gasteiger partial charge is 0.497 e. The van der Waals surface area contributed by atoms with Crippen molar-refractivity contribution in [3.8, 4) is 5.75 Å². The third kappa shape index (κ3) is 3.37. The summed E-state index contributed by atoms with van der Waals surface area (Å²) in [7, 11) is -2.13. The molecule has 0 saturated heterocycles. The van der Waals surface area contributed by atoms with Crippen LogP contribution in [-0.4, -0.2) is 20.9 Å². The third-order valence-corrected chi connectivity index (χ3v) is 5.97. The van der Waals surface area contributed by atoms with Gasteiger partial charge in [0.2, 0.25) is 0 Å². The second-order valence-corrected chi connectivity index (χ2v) is 8.13. The lowest BCUT2D eigenvalue weighted by molar-refractivity contribution is 0.414. The van der Waals surface area contributed by atoms with Crippen LogP contribution in [0.25, 0.3) is 0 Å². The van der Waals surface area contributed by atoms with Crippen molar-refractivity contribution in [1.82, 2.24) is 0 Å². The fraction of sp³-hybridized carbons (Fsp3) is 0.176. The first-order valence-electron chi connectivity index (χ1n) is 7.37. The van der Waals surface area contributed by atoms with Gasteiger partial charge in [-0.3, -0.25) is 4.72 Å². The van der Waals surface area contributed by atoms with Gasteiger partial charge < -0.3 is 9.64 Å². The van der Waals surface area contributed by atoms with E-state index in [1.165, 1.54) is 12.1 Å². The smallest absolute Gasteiger partial charge is 0.261 e. The van der Waals surface area contributed by atoms with Crippen LogP contribution in [0.15, 0.2) is 65.0 Å². The zero-order valence-corrected chi connectivity index (χ0v) is 15.0. The van der Waals surface area contributed by atoms with E-state index in [0.29, 0.717) is 11.4 Å². The molecule has 1 atom stereocenters. The van der Waals surface area contributed by atoms with Crippen molar-refractivity contribution in [3.05, 3.63) is 60.1 Å². The van der Waals surface area contributed by atoms with Gasteiger partial charge in [0.1, 0.15) is 5.75 Å². The maximum atomic E-state index is 12.7. The van der Waals surface area contributed by atoms with Gasteiger partial charge in [-0.25, -0.2) is 8.42 Å². The van der Waals surface area contributed by atoms with Crippen LogP contribution >= 0.6 is 11.8 Å². The lowest BCUT2D eigenvalue weighted by Gasteiger charge is -2.24. The number of hydrogen-bond donors (Lipinski definition) is 1. The fourth-order valence-electron chi connectivity index (χ4n) is 2.42. The zero-order chi connectivity index (χ0) is 17.2. The van der Waals surface area contributed by atoms with Gasteiger partial charge in [0.05, 0.1) is 28.8 Å². The SMILES string of the molecule is COc1ccc(S(=O)(=O)Nc2ccccc2N2C=CSC2C)cc1. The van der Waals surface area contributed by atoms with E-state index in [2.05, 4.69) is 11.6 Å². The number of anilines is 2. The molecule has 5 nitrogen and oxygen atoms in total. The predicted octanol–water partition coefficient (Wildman–Crippen LogP) is 3.87. The van der Waals surface area contributed by atoms with Crippen LogP contribution in [0.5, 0.6) is 5.75 Å². The Morgan fingerprint density at radius 1 is 1.12 bits per heavy atom. The molecule has 0 aliphatic carbocycles.